The van der Waals surface area contributed by atoms with Crippen LogP contribution in [0.15, 0.2) is 36.5 Å². The molecule has 0 aliphatic heterocycles. The minimum absolute atomic E-state index is 0.0768. The van der Waals surface area contributed by atoms with E-state index in [2.05, 4.69) is 62.5 Å². The first-order chi connectivity index (χ1) is 30.0. The van der Waals surface area contributed by atoms with Gasteiger partial charge in [0.05, 0.1) is 25.2 Å². The molecule has 3 atom stereocenters. The van der Waals surface area contributed by atoms with E-state index >= 15 is 0 Å². The van der Waals surface area contributed by atoms with Crippen molar-refractivity contribution in [2.75, 3.05) is 6.61 Å². The second-order valence-electron chi connectivity index (χ2n) is 18.3. The molecule has 0 aromatic rings. The summed E-state index contributed by atoms with van der Waals surface area (Å²) in [4.78, 5) is 26.2. The summed E-state index contributed by atoms with van der Waals surface area (Å²) in [5.74, 6) is -0.474. The maximum absolute atomic E-state index is 13.2. The van der Waals surface area contributed by atoms with Crippen LogP contribution in [-0.2, 0) is 14.3 Å². The number of unbranched alkanes of at least 4 members (excludes halogenated alkanes) is 32. The number of rotatable bonds is 48. The van der Waals surface area contributed by atoms with Crippen LogP contribution in [-0.4, -0.2) is 46.9 Å². The lowest BCUT2D eigenvalue weighted by Gasteiger charge is -2.24. The lowest BCUT2D eigenvalue weighted by Crippen LogP contribution is -2.46. The minimum atomic E-state index is -0.787. The number of carbonyl (C=O) groups is 2. The summed E-state index contributed by atoms with van der Waals surface area (Å²) >= 11 is 0. The highest BCUT2D eigenvalue weighted by Crippen LogP contribution is 2.19. The molecule has 0 saturated heterocycles. The zero-order valence-corrected chi connectivity index (χ0v) is 40.8. The summed E-state index contributed by atoms with van der Waals surface area (Å²) in [6.45, 7) is 6.37. The molecule has 0 aromatic heterocycles. The van der Waals surface area contributed by atoms with Gasteiger partial charge in [0, 0.05) is 6.42 Å². The van der Waals surface area contributed by atoms with E-state index in [1.807, 2.05) is 0 Å². The van der Waals surface area contributed by atoms with Crippen LogP contribution >= 0.6 is 0 Å². The largest absolute Gasteiger partial charge is 0.462 e. The number of carbonyl (C=O) groups excluding carboxylic acids is 2. The van der Waals surface area contributed by atoms with E-state index in [-0.39, 0.29) is 24.9 Å². The Morgan fingerprint density at radius 3 is 1.33 bits per heavy atom. The third-order valence-corrected chi connectivity index (χ3v) is 12.3. The van der Waals surface area contributed by atoms with Gasteiger partial charge in [0.25, 0.3) is 0 Å². The summed E-state index contributed by atoms with van der Waals surface area (Å²) in [6, 6.07) is -0.700. The molecule has 6 nitrogen and oxygen atoms in total. The SMILES string of the molecule is CC/C=C/C=C/C=C/CCCCCCCCCC(=O)OC(CCCCCCCCCCCCCCC)CC(=O)NC(CO)C(O)CCCCCCCCCCCCCCCC. The lowest BCUT2D eigenvalue weighted by atomic mass is 10.0. The third-order valence-electron chi connectivity index (χ3n) is 12.3. The Morgan fingerprint density at radius 2 is 0.885 bits per heavy atom. The van der Waals surface area contributed by atoms with E-state index in [4.69, 9.17) is 4.74 Å². The van der Waals surface area contributed by atoms with E-state index in [0.29, 0.717) is 19.3 Å². The molecule has 358 valence electrons. The van der Waals surface area contributed by atoms with Crippen molar-refractivity contribution in [3.63, 3.8) is 0 Å². The van der Waals surface area contributed by atoms with E-state index in [0.717, 1.165) is 57.8 Å². The number of aliphatic hydroxyl groups is 2. The number of hydrogen-bond acceptors (Lipinski definition) is 5. The zero-order chi connectivity index (χ0) is 44.5. The van der Waals surface area contributed by atoms with Crippen molar-refractivity contribution in [2.45, 2.75) is 296 Å². The van der Waals surface area contributed by atoms with E-state index in [9.17, 15) is 19.8 Å². The van der Waals surface area contributed by atoms with Gasteiger partial charge in [-0.3, -0.25) is 9.59 Å². The molecule has 3 unspecified atom stereocenters. The average Bonchev–Trinajstić information content (AvgIpc) is 3.25. The highest BCUT2D eigenvalue weighted by Gasteiger charge is 2.24. The lowest BCUT2D eigenvalue weighted by molar-refractivity contribution is -0.151. The van der Waals surface area contributed by atoms with E-state index < -0.39 is 18.2 Å². The molecule has 0 heterocycles. The van der Waals surface area contributed by atoms with Crippen LogP contribution in [0.5, 0.6) is 0 Å². The number of nitrogens with one attached hydrogen (secondary N) is 1. The molecule has 1 amide bonds. The van der Waals surface area contributed by atoms with Crippen molar-refractivity contribution in [1.82, 2.24) is 5.32 Å². The number of amides is 1. The second-order valence-corrected chi connectivity index (χ2v) is 18.3. The Morgan fingerprint density at radius 1 is 0.492 bits per heavy atom. The standard InChI is InChI=1S/C55H103NO5/c1-4-7-10-13-16-19-22-25-27-30-33-36-39-42-45-48-55(60)61-51(46-43-40-37-34-31-28-24-21-18-15-12-9-6-3)49-54(59)56-52(50-57)53(58)47-44-41-38-35-32-29-26-23-20-17-14-11-8-5-2/h7,10,13,16,19,22,51-53,57-58H,4-6,8-9,11-12,14-15,17-18,20-21,23-50H2,1-3H3,(H,56,59)/b10-7+,16-13+,22-19+. The summed E-state index contributed by atoms with van der Waals surface area (Å²) in [6.07, 6.45) is 57.7. The van der Waals surface area contributed by atoms with Crippen molar-refractivity contribution in [2.24, 2.45) is 0 Å². The van der Waals surface area contributed by atoms with Gasteiger partial charge in [0.1, 0.15) is 6.10 Å². The van der Waals surface area contributed by atoms with E-state index in [1.54, 1.807) is 0 Å². The van der Waals surface area contributed by atoms with Crippen molar-refractivity contribution in [3.05, 3.63) is 36.5 Å². The maximum atomic E-state index is 13.2. The van der Waals surface area contributed by atoms with Crippen LogP contribution < -0.4 is 5.32 Å². The molecule has 61 heavy (non-hydrogen) atoms. The summed E-state index contributed by atoms with van der Waals surface area (Å²) < 4.78 is 5.94. The van der Waals surface area contributed by atoms with Crippen LogP contribution in [0, 0.1) is 0 Å². The van der Waals surface area contributed by atoms with Gasteiger partial charge >= 0.3 is 5.97 Å². The average molecular weight is 858 g/mol. The smallest absolute Gasteiger partial charge is 0.306 e. The zero-order valence-electron chi connectivity index (χ0n) is 40.8. The topological polar surface area (TPSA) is 95.9 Å². The van der Waals surface area contributed by atoms with Crippen LogP contribution in [0.2, 0.25) is 0 Å². The van der Waals surface area contributed by atoms with Gasteiger partial charge < -0.3 is 20.3 Å². The molecule has 6 heteroatoms. The van der Waals surface area contributed by atoms with Gasteiger partial charge in [-0.1, -0.05) is 256 Å². The van der Waals surface area contributed by atoms with Crippen LogP contribution in [0.25, 0.3) is 0 Å². The molecule has 0 bridgehead atoms. The van der Waals surface area contributed by atoms with Crippen LogP contribution in [0.1, 0.15) is 278 Å². The highest BCUT2D eigenvalue weighted by atomic mass is 16.5. The fourth-order valence-electron chi connectivity index (χ4n) is 8.26. The van der Waals surface area contributed by atoms with Crippen molar-refractivity contribution in [1.29, 1.82) is 0 Å². The van der Waals surface area contributed by atoms with Gasteiger partial charge in [-0.15, -0.1) is 0 Å². The normalized spacial score (nSPS) is 13.5. The highest BCUT2D eigenvalue weighted by molar-refractivity contribution is 5.77. The number of allylic oxidation sites excluding steroid dienone is 6. The molecule has 0 rings (SSSR count). The summed E-state index contributed by atoms with van der Waals surface area (Å²) in [5, 5.41) is 23.8. The Kier molecular flexibility index (Phi) is 47.6. The summed E-state index contributed by atoms with van der Waals surface area (Å²) in [5.41, 5.74) is 0. The van der Waals surface area contributed by atoms with Crippen molar-refractivity contribution < 1.29 is 24.5 Å². The first-order valence-electron chi connectivity index (χ1n) is 26.7. The molecule has 0 spiro atoms. The molecule has 0 aliphatic rings. The number of hydrogen-bond donors (Lipinski definition) is 3. The van der Waals surface area contributed by atoms with E-state index in [1.165, 1.54) is 173 Å². The Hall–Kier alpha value is -1.92. The molecule has 3 N–H and O–H groups in total. The molecule has 0 aliphatic carbocycles. The monoisotopic (exact) mass is 858 g/mol. The van der Waals surface area contributed by atoms with Gasteiger partial charge in [0.2, 0.25) is 5.91 Å². The van der Waals surface area contributed by atoms with Crippen molar-refractivity contribution >= 4 is 11.9 Å². The maximum Gasteiger partial charge on any atom is 0.306 e. The minimum Gasteiger partial charge on any atom is -0.462 e. The van der Waals surface area contributed by atoms with Crippen molar-refractivity contribution in [3.8, 4) is 0 Å². The number of ether oxygens (including phenoxy) is 1. The first-order valence-corrected chi connectivity index (χ1v) is 26.7. The quantitative estimate of drug-likeness (QED) is 0.0322. The Labute approximate surface area is 379 Å². The summed E-state index contributed by atoms with van der Waals surface area (Å²) in [7, 11) is 0. The first kappa shape index (κ1) is 59.1. The number of esters is 1. The molecule has 0 saturated carbocycles. The van der Waals surface area contributed by atoms with Gasteiger partial charge in [-0.25, -0.2) is 0 Å². The van der Waals surface area contributed by atoms with Crippen LogP contribution in [0.3, 0.4) is 0 Å². The molecular weight excluding hydrogens is 755 g/mol. The molecule has 0 fully saturated rings. The fraction of sp³-hybridized carbons (Fsp3) is 0.855. The Balaban J connectivity index is 4.54. The second kappa shape index (κ2) is 49.1. The predicted octanol–water partition coefficient (Wildman–Crippen LogP) is 16.1. The van der Waals surface area contributed by atoms with Crippen LogP contribution in [0.4, 0.5) is 0 Å². The molecule has 0 radical (unpaired) electrons. The number of aliphatic hydroxyl groups excluding tert-OH is 2. The van der Waals surface area contributed by atoms with Gasteiger partial charge in [-0.05, 0) is 44.9 Å². The third kappa shape index (κ3) is 44.5. The fourth-order valence-corrected chi connectivity index (χ4v) is 8.26. The predicted molar refractivity (Wildman–Crippen MR) is 264 cm³/mol. The van der Waals surface area contributed by atoms with Gasteiger partial charge in [0.15, 0.2) is 0 Å². The molecule has 0 aromatic carbocycles. The molecular formula is C55H103NO5. The van der Waals surface area contributed by atoms with Gasteiger partial charge in [-0.2, -0.15) is 0 Å². The Bertz CT molecular complexity index is 1010.